The number of carbonyl (C=O) groups is 4. The molecule has 3 amide bonds. The number of aldehydes is 1. The Hall–Kier alpha value is -2.90. The van der Waals surface area contributed by atoms with E-state index < -0.39 is 12.1 Å². The molecular weight excluding hydrogens is 338 g/mol. The number of ether oxygens (including phenoxy) is 1. The second-order valence-electron chi connectivity index (χ2n) is 5.91. The average Bonchev–Trinajstić information content (AvgIpc) is 2.96. The molecule has 1 aromatic rings. The van der Waals surface area contributed by atoms with Crippen LogP contribution in [0.25, 0.3) is 0 Å². The SMILES string of the molecule is CCNC(=O)OCc1ccc2c(c1)C(=O)N(C(CCC=O)C(=O)NC)C2. The van der Waals surface area contributed by atoms with Crippen LogP contribution in [0.2, 0.25) is 0 Å². The molecule has 0 radical (unpaired) electrons. The van der Waals surface area contributed by atoms with Crippen molar-refractivity contribution in [2.24, 2.45) is 0 Å². The van der Waals surface area contributed by atoms with Crippen molar-refractivity contribution in [1.29, 1.82) is 0 Å². The van der Waals surface area contributed by atoms with Crippen molar-refractivity contribution in [3.8, 4) is 0 Å². The lowest BCUT2D eigenvalue weighted by Gasteiger charge is -2.25. The third kappa shape index (κ3) is 4.38. The molecule has 2 rings (SSSR count). The molecule has 8 nitrogen and oxygen atoms in total. The zero-order chi connectivity index (χ0) is 19.1. The smallest absolute Gasteiger partial charge is 0.407 e. The lowest BCUT2D eigenvalue weighted by molar-refractivity contribution is -0.125. The Balaban J connectivity index is 2.13. The Bertz CT molecular complexity index is 704. The number of benzene rings is 1. The van der Waals surface area contributed by atoms with Gasteiger partial charge in [0.1, 0.15) is 18.9 Å². The highest BCUT2D eigenvalue weighted by atomic mass is 16.5. The van der Waals surface area contributed by atoms with Gasteiger partial charge in [0.05, 0.1) is 0 Å². The maximum Gasteiger partial charge on any atom is 0.407 e. The summed E-state index contributed by atoms with van der Waals surface area (Å²) in [4.78, 5) is 48.4. The number of nitrogens with zero attached hydrogens (tertiary/aromatic N) is 1. The second kappa shape index (κ2) is 8.98. The number of nitrogens with one attached hydrogen (secondary N) is 2. The number of fused-ring (bicyclic) bond motifs is 1. The summed E-state index contributed by atoms with van der Waals surface area (Å²) in [5.41, 5.74) is 1.98. The van der Waals surface area contributed by atoms with Gasteiger partial charge >= 0.3 is 6.09 Å². The molecule has 1 aliphatic rings. The first-order valence-electron chi connectivity index (χ1n) is 8.50. The van der Waals surface area contributed by atoms with Gasteiger partial charge in [-0.2, -0.15) is 0 Å². The molecule has 1 atom stereocenters. The molecular formula is C18H23N3O5. The Labute approximate surface area is 151 Å². The van der Waals surface area contributed by atoms with E-state index in [2.05, 4.69) is 10.6 Å². The largest absolute Gasteiger partial charge is 0.445 e. The highest BCUT2D eigenvalue weighted by molar-refractivity contribution is 6.01. The van der Waals surface area contributed by atoms with Gasteiger partial charge in [-0.3, -0.25) is 9.59 Å². The van der Waals surface area contributed by atoms with Gasteiger partial charge in [0.15, 0.2) is 0 Å². The second-order valence-corrected chi connectivity index (χ2v) is 5.91. The van der Waals surface area contributed by atoms with Crippen LogP contribution in [0.5, 0.6) is 0 Å². The van der Waals surface area contributed by atoms with E-state index >= 15 is 0 Å². The molecule has 0 bridgehead atoms. The lowest BCUT2D eigenvalue weighted by atomic mass is 10.1. The van der Waals surface area contributed by atoms with E-state index in [1.807, 2.05) is 0 Å². The topological polar surface area (TPSA) is 105 Å². The molecule has 8 heteroatoms. The van der Waals surface area contributed by atoms with Crippen molar-refractivity contribution >= 4 is 24.2 Å². The summed E-state index contributed by atoms with van der Waals surface area (Å²) >= 11 is 0. The molecule has 0 saturated carbocycles. The highest BCUT2D eigenvalue weighted by Gasteiger charge is 2.35. The fourth-order valence-electron chi connectivity index (χ4n) is 2.88. The quantitative estimate of drug-likeness (QED) is 0.672. The molecule has 0 aliphatic carbocycles. The number of carbonyl (C=O) groups excluding carboxylic acids is 4. The summed E-state index contributed by atoms with van der Waals surface area (Å²) < 4.78 is 5.07. The predicted octanol–water partition coefficient (Wildman–Crippen LogP) is 0.982. The summed E-state index contributed by atoms with van der Waals surface area (Å²) in [7, 11) is 1.50. The van der Waals surface area contributed by atoms with Crippen LogP contribution in [-0.2, 0) is 27.5 Å². The first-order chi connectivity index (χ1) is 12.5. The third-order valence-corrected chi connectivity index (χ3v) is 4.18. The van der Waals surface area contributed by atoms with Gasteiger partial charge in [-0.15, -0.1) is 0 Å². The van der Waals surface area contributed by atoms with Crippen LogP contribution < -0.4 is 10.6 Å². The van der Waals surface area contributed by atoms with Crippen molar-refractivity contribution in [2.45, 2.75) is 39.0 Å². The van der Waals surface area contributed by atoms with Gasteiger partial charge in [-0.25, -0.2) is 4.79 Å². The molecule has 0 spiro atoms. The Kier molecular flexibility index (Phi) is 6.71. The monoisotopic (exact) mass is 361 g/mol. The van der Waals surface area contributed by atoms with Crippen LogP contribution in [0, 0.1) is 0 Å². The lowest BCUT2D eigenvalue weighted by Crippen LogP contribution is -2.46. The highest BCUT2D eigenvalue weighted by Crippen LogP contribution is 2.27. The molecule has 0 aromatic heterocycles. The number of hydrogen-bond acceptors (Lipinski definition) is 5. The van der Waals surface area contributed by atoms with Gasteiger partial charge in [-0.1, -0.05) is 12.1 Å². The summed E-state index contributed by atoms with van der Waals surface area (Å²) in [6.45, 7) is 2.62. The standard InChI is InChI=1S/C18H23N3O5/c1-3-20-18(25)26-11-12-6-7-13-10-21(17(24)14(13)9-12)15(5-4-8-22)16(23)19-2/h6-9,15H,3-5,10-11H2,1-2H3,(H,19,23)(H,20,25). The molecule has 1 aliphatic heterocycles. The molecule has 1 unspecified atom stereocenters. The molecule has 1 aromatic carbocycles. The van der Waals surface area contributed by atoms with E-state index in [-0.39, 0.29) is 31.3 Å². The Morgan fingerprint density at radius 3 is 2.81 bits per heavy atom. The molecule has 1 heterocycles. The van der Waals surface area contributed by atoms with Crippen molar-refractivity contribution in [3.63, 3.8) is 0 Å². The number of likely N-dealkylation sites (N-methyl/N-ethyl adjacent to an activating group) is 1. The fraction of sp³-hybridized carbons (Fsp3) is 0.444. The van der Waals surface area contributed by atoms with E-state index in [1.165, 1.54) is 11.9 Å². The molecule has 26 heavy (non-hydrogen) atoms. The summed E-state index contributed by atoms with van der Waals surface area (Å²) in [6, 6.07) is 4.57. The Morgan fingerprint density at radius 1 is 1.38 bits per heavy atom. The molecule has 0 saturated heterocycles. The maximum absolute atomic E-state index is 12.8. The zero-order valence-corrected chi connectivity index (χ0v) is 14.9. The van der Waals surface area contributed by atoms with Crippen molar-refractivity contribution in [1.82, 2.24) is 15.5 Å². The van der Waals surface area contributed by atoms with Crippen LogP contribution in [0.4, 0.5) is 4.79 Å². The average molecular weight is 361 g/mol. The van der Waals surface area contributed by atoms with E-state index in [1.54, 1.807) is 25.1 Å². The van der Waals surface area contributed by atoms with Crippen LogP contribution in [0.3, 0.4) is 0 Å². The normalized spacial score (nSPS) is 13.8. The summed E-state index contributed by atoms with van der Waals surface area (Å²) in [5.74, 6) is -0.563. The van der Waals surface area contributed by atoms with Crippen LogP contribution in [0.1, 0.15) is 41.3 Å². The van der Waals surface area contributed by atoms with E-state index in [0.717, 1.165) is 11.8 Å². The number of rotatable bonds is 8. The first kappa shape index (κ1) is 19.4. The van der Waals surface area contributed by atoms with Gasteiger partial charge in [0, 0.05) is 32.1 Å². The van der Waals surface area contributed by atoms with Crippen molar-refractivity contribution in [2.75, 3.05) is 13.6 Å². The van der Waals surface area contributed by atoms with Gasteiger partial charge in [0.2, 0.25) is 5.91 Å². The van der Waals surface area contributed by atoms with Crippen LogP contribution >= 0.6 is 0 Å². The number of alkyl carbamates (subject to hydrolysis) is 1. The van der Waals surface area contributed by atoms with Crippen LogP contribution in [0.15, 0.2) is 18.2 Å². The van der Waals surface area contributed by atoms with Gasteiger partial charge in [0.25, 0.3) is 5.91 Å². The van der Waals surface area contributed by atoms with E-state index in [9.17, 15) is 19.2 Å². The molecule has 140 valence electrons. The molecule has 2 N–H and O–H groups in total. The summed E-state index contributed by atoms with van der Waals surface area (Å²) in [5, 5.41) is 5.07. The Morgan fingerprint density at radius 2 is 2.15 bits per heavy atom. The third-order valence-electron chi connectivity index (χ3n) is 4.18. The zero-order valence-electron chi connectivity index (χ0n) is 14.9. The van der Waals surface area contributed by atoms with Gasteiger partial charge < -0.3 is 25.1 Å². The molecule has 0 fully saturated rings. The predicted molar refractivity (Wildman–Crippen MR) is 93.3 cm³/mol. The minimum Gasteiger partial charge on any atom is -0.445 e. The van der Waals surface area contributed by atoms with Gasteiger partial charge in [-0.05, 0) is 30.5 Å². The van der Waals surface area contributed by atoms with E-state index in [0.29, 0.717) is 24.2 Å². The fourth-order valence-corrected chi connectivity index (χ4v) is 2.88. The number of hydrogen-bond donors (Lipinski definition) is 2. The summed E-state index contributed by atoms with van der Waals surface area (Å²) in [6.07, 6.45) is 0.690. The first-order valence-corrected chi connectivity index (χ1v) is 8.50. The van der Waals surface area contributed by atoms with Crippen molar-refractivity contribution in [3.05, 3.63) is 34.9 Å². The number of amides is 3. The van der Waals surface area contributed by atoms with Crippen LogP contribution in [-0.4, -0.2) is 48.7 Å². The maximum atomic E-state index is 12.8. The minimum absolute atomic E-state index is 0.0520. The van der Waals surface area contributed by atoms with Crippen molar-refractivity contribution < 1.29 is 23.9 Å². The minimum atomic E-state index is -0.694. The van der Waals surface area contributed by atoms with E-state index in [4.69, 9.17) is 4.74 Å².